The van der Waals surface area contributed by atoms with Crippen LogP contribution in [0.3, 0.4) is 0 Å². The predicted molar refractivity (Wildman–Crippen MR) is 112 cm³/mol. The molecule has 0 spiro atoms. The minimum absolute atomic E-state index is 0.0899. The van der Waals surface area contributed by atoms with Crippen molar-refractivity contribution in [3.8, 4) is 0 Å². The molecule has 1 aliphatic rings. The highest BCUT2D eigenvalue weighted by atomic mass is 19.1. The molecule has 4 rings (SSSR count). The number of halogens is 2. The summed E-state index contributed by atoms with van der Waals surface area (Å²) in [4.78, 5) is 38.2. The Labute approximate surface area is 176 Å². The maximum atomic E-state index is 14.6. The van der Waals surface area contributed by atoms with Crippen LogP contribution in [-0.2, 0) is 13.0 Å². The van der Waals surface area contributed by atoms with Gasteiger partial charge in [0.15, 0.2) is 11.5 Å². The van der Waals surface area contributed by atoms with E-state index >= 15 is 0 Å². The number of amides is 1. The van der Waals surface area contributed by atoms with Crippen LogP contribution in [0.15, 0.2) is 29.1 Å². The zero-order chi connectivity index (χ0) is 22.1. The zero-order valence-corrected chi connectivity index (χ0v) is 17.0. The number of piperazine rings is 1. The van der Waals surface area contributed by atoms with Gasteiger partial charge in [-0.05, 0) is 36.2 Å². The number of hydrogen-bond acceptors (Lipinski definition) is 6. The monoisotopic (exact) mass is 428 g/mol. The molecule has 1 aromatic carbocycles. The lowest BCUT2D eigenvalue weighted by Gasteiger charge is -2.36. The molecule has 8 nitrogen and oxygen atoms in total. The maximum absolute atomic E-state index is 14.6. The summed E-state index contributed by atoms with van der Waals surface area (Å²) in [6.45, 7) is 4.70. The fourth-order valence-electron chi connectivity index (χ4n) is 3.84. The van der Waals surface area contributed by atoms with E-state index in [2.05, 4.69) is 19.9 Å². The van der Waals surface area contributed by atoms with E-state index in [4.69, 9.17) is 5.73 Å². The molecular weight excluding hydrogens is 406 g/mol. The minimum atomic E-state index is -0.780. The first-order valence-electron chi connectivity index (χ1n) is 10.0. The van der Waals surface area contributed by atoms with Gasteiger partial charge in [0.1, 0.15) is 11.2 Å². The first kappa shape index (κ1) is 20.9. The van der Waals surface area contributed by atoms with E-state index in [1.807, 2.05) is 4.90 Å². The second-order valence-corrected chi connectivity index (χ2v) is 7.47. The van der Waals surface area contributed by atoms with Crippen molar-refractivity contribution >= 4 is 22.6 Å². The van der Waals surface area contributed by atoms with Crippen molar-refractivity contribution in [3.05, 3.63) is 63.3 Å². The van der Waals surface area contributed by atoms with Crippen molar-refractivity contribution in [2.45, 2.75) is 19.9 Å². The van der Waals surface area contributed by atoms with Gasteiger partial charge in [-0.2, -0.15) is 4.39 Å². The van der Waals surface area contributed by atoms with E-state index in [-0.39, 0.29) is 16.8 Å². The molecule has 31 heavy (non-hydrogen) atoms. The van der Waals surface area contributed by atoms with Crippen LogP contribution in [0.2, 0.25) is 0 Å². The quantitative estimate of drug-likeness (QED) is 0.598. The summed E-state index contributed by atoms with van der Waals surface area (Å²) in [5, 5.41) is 0. The van der Waals surface area contributed by atoms with Gasteiger partial charge in [-0.3, -0.25) is 14.5 Å². The number of aromatic nitrogens is 3. The summed E-state index contributed by atoms with van der Waals surface area (Å²) < 4.78 is 28.0. The summed E-state index contributed by atoms with van der Waals surface area (Å²) in [5.74, 6) is -2.01. The van der Waals surface area contributed by atoms with Crippen molar-refractivity contribution in [2.24, 2.45) is 5.73 Å². The summed E-state index contributed by atoms with van der Waals surface area (Å²) in [6.07, 6.45) is 0.428. The number of nitrogens with two attached hydrogens (primary N) is 1. The molecule has 0 saturated carbocycles. The lowest BCUT2D eigenvalue weighted by Crippen LogP contribution is -2.46. The van der Waals surface area contributed by atoms with Crippen molar-refractivity contribution in [2.75, 3.05) is 31.1 Å². The van der Waals surface area contributed by atoms with Crippen molar-refractivity contribution in [1.29, 1.82) is 0 Å². The van der Waals surface area contributed by atoms with E-state index in [1.165, 1.54) is 18.2 Å². The molecule has 0 bridgehead atoms. The van der Waals surface area contributed by atoms with Gasteiger partial charge in [0.05, 0.1) is 11.2 Å². The average Bonchev–Trinajstić information content (AvgIpc) is 2.74. The number of carbonyl (C=O) groups excluding carboxylic acids is 1. The molecule has 0 radical (unpaired) electrons. The third-order valence-electron chi connectivity index (χ3n) is 5.41. The lowest BCUT2D eigenvalue weighted by molar-refractivity contribution is 0.0994. The van der Waals surface area contributed by atoms with E-state index < -0.39 is 17.7 Å². The third-order valence-corrected chi connectivity index (χ3v) is 5.41. The van der Waals surface area contributed by atoms with Gasteiger partial charge in [0.2, 0.25) is 5.95 Å². The largest absolute Gasteiger partial charge is 0.367 e. The first-order chi connectivity index (χ1) is 14.9. The van der Waals surface area contributed by atoms with Gasteiger partial charge >= 0.3 is 0 Å². The molecule has 10 heteroatoms. The summed E-state index contributed by atoms with van der Waals surface area (Å²) in [6, 6.07) is 5.89. The van der Waals surface area contributed by atoms with Crippen LogP contribution in [0.4, 0.5) is 14.5 Å². The van der Waals surface area contributed by atoms with Crippen LogP contribution < -0.4 is 16.2 Å². The Hall–Kier alpha value is -3.40. The molecule has 1 amide bonds. The second-order valence-electron chi connectivity index (χ2n) is 7.47. The minimum Gasteiger partial charge on any atom is -0.367 e. The molecule has 0 unspecified atom stereocenters. The zero-order valence-electron chi connectivity index (χ0n) is 17.0. The smallest absolute Gasteiger partial charge is 0.270 e. The number of hydrogen-bond donors (Lipinski definition) is 2. The number of primary amides is 1. The van der Waals surface area contributed by atoms with Gasteiger partial charge in [0, 0.05) is 32.7 Å². The fraction of sp³-hybridized carbons (Fsp3) is 0.333. The number of rotatable bonds is 5. The van der Waals surface area contributed by atoms with Crippen LogP contribution in [0.25, 0.3) is 11.0 Å². The van der Waals surface area contributed by atoms with E-state index in [1.54, 1.807) is 13.0 Å². The summed E-state index contributed by atoms with van der Waals surface area (Å²) in [5.41, 5.74) is 7.00. The summed E-state index contributed by atoms with van der Waals surface area (Å²) >= 11 is 0. The highest BCUT2D eigenvalue weighted by Gasteiger charge is 2.22. The molecule has 1 saturated heterocycles. The number of pyridine rings is 1. The number of nitrogens with zero attached hydrogens (tertiary/aromatic N) is 4. The third kappa shape index (κ3) is 4.24. The molecule has 3 N–H and O–H groups in total. The standard InChI is InChI=1S/C21H22F2N6O2/c1-2-14-21(31)26-15-10-12(9-13(22)18(15)25-14)11-28-5-7-29(8-6-28)16-3-4-17(23)27-19(16)20(24)30/h3-4,9-10H,2,5-8,11H2,1H3,(H2,24,30)(H,26,31). The van der Waals surface area contributed by atoms with Gasteiger partial charge in [-0.15, -0.1) is 0 Å². The number of carbonyl (C=O) groups is 1. The van der Waals surface area contributed by atoms with Crippen LogP contribution in [0, 0.1) is 11.8 Å². The molecular formula is C21H22F2N6O2. The van der Waals surface area contributed by atoms with Crippen molar-refractivity contribution in [3.63, 3.8) is 0 Å². The molecule has 0 aliphatic carbocycles. The van der Waals surface area contributed by atoms with Gasteiger partial charge in [-0.25, -0.2) is 14.4 Å². The van der Waals surface area contributed by atoms with Crippen molar-refractivity contribution in [1.82, 2.24) is 19.9 Å². The molecule has 3 heterocycles. The van der Waals surface area contributed by atoms with Gasteiger partial charge < -0.3 is 15.6 Å². The molecule has 1 fully saturated rings. The number of nitrogens with one attached hydrogen (secondary N) is 1. The Morgan fingerprint density at radius 3 is 2.58 bits per heavy atom. The molecule has 0 atom stereocenters. The second kappa shape index (κ2) is 8.38. The topological polar surface area (TPSA) is 108 Å². The molecule has 2 aromatic heterocycles. The maximum Gasteiger partial charge on any atom is 0.270 e. The van der Waals surface area contributed by atoms with Crippen molar-refractivity contribution < 1.29 is 13.6 Å². The first-order valence-corrected chi connectivity index (χ1v) is 10.0. The van der Waals surface area contributed by atoms with Crippen LogP contribution in [0.1, 0.15) is 28.7 Å². The van der Waals surface area contributed by atoms with Crippen LogP contribution in [0.5, 0.6) is 0 Å². The lowest BCUT2D eigenvalue weighted by atomic mass is 10.1. The molecule has 3 aromatic rings. The number of aromatic amines is 1. The molecule has 162 valence electrons. The number of benzene rings is 1. The highest BCUT2D eigenvalue weighted by molar-refractivity contribution is 5.96. The van der Waals surface area contributed by atoms with Gasteiger partial charge in [-0.1, -0.05) is 6.92 Å². The SMILES string of the molecule is CCc1nc2c(F)cc(CN3CCN(c4ccc(F)nc4C(N)=O)CC3)cc2[nH]c1=O. The number of H-pyrrole nitrogens is 1. The van der Waals surface area contributed by atoms with E-state index in [0.717, 1.165) is 5.56 Å². The molecule has 1 aliphatic heterocycles. The Bertz CT molecular complexity index is 1200. The van der Waals surface area contributed by atoms with E-state index in [9.17, 15) is 18.4 Å². The van der Waals surface area contributed by atoms with Gasteiger partial charge in [0.25, 0.3) is 11.5 Å². The number of fused-ring (bicyclic) bond motifs is 1. The fourth-order valence-corrected chi connectivity index (χ4v) is 3.84. The van der Waals surface area contributed by atoms with Crippen LogP contribution in [-0.4, -0.2) is 51.9 Å². The Kier molecular flexibility index (Phi) is 5.64. The number of aryl methyl sites for hydroxylation is 1. The highest BCUT2D eigenvalue weighted by Crippen LogP contribution is 2.22. The predicted octanol–water partition coefficient (Wildman–Crippen LogP) is 1.58. The normalized spacial score (nSPS) is 14.9. The Morgan fingerprint density at radius 2 is 1.90 bits per heavy atom. The Morgan fingerprint density at radius 1 is 1.16 bits per heavy atom. The average molecular weight is 428 g/mol. The summed E-state index contributed by atoms with van der Waals surface area (Å²) in [7, 11) is 0. The Balaban J connectivity index is 1.49. The van der Waals surface area contributed by atoms with E-state index in [0.29, 0.717) is 56.0 Å². The number of anilines is 1. The van der Waals surface area contributed by atoms with Crippen LogP contribution >= 0.6 is 0 Å².